The number of halogens is 5. The van der Waals surface area contributed by atoms with Gasteiger partial charge in [-0.1, -0.05) is 18.2 Å². The molecule has 3 aromatic rings. The summed E-state index contributed by atoms with van der Waals surface area (Å²) in [5.74, 6) is -1.67. The molecule has 1 aliphatic heterocycles. The zero-order valence-electron chi connectivity index (χ0n) is 14.5. The van der Waals surface area contributed by atoms with Crippen molar-refractivity contribution >= 4 is 10.9 Å². The van der Waals surface area contributed by atoms with Gasteiger partial charge >= 0.3 is 6.18 Å². The normalized spacial score (nSPS) is 18.1. The second-order valence-corrected chi connectivity index (χ2v) is 6.94. The van der Waals surface area contributed by atoms with Crippen molar-refractivity contribution in [3.63, 3.8) is 0 Å². The van der Waals surface area contributed by atoms with E-state index in [0.29, 0.717) is 17.7 Å². The standard InChI is InChI=1S/C20H17F5N2/c1-11-8-14(21)17(15(22)9-11)19-18-13(6-7-27(19)10-20(23,24)25)12-4-2-3-5-16(12)26-18/h2-5,8-9,19,26H,6-7,10H2,1H3. The summed E-state index contributed by atoms with van der Waals surface area (Å²) in [5, 5.41) is 0.872. The SMILES string of the molecule is Cc1cc(F)c(C2c3[nH]c4ccccc4c3CCN2CC(F)(F)F)c(F)c1. The molecule has 4 rings (SSSR count). The van der Waals surface area contributed by atoms with Gasteiger partial charge in [0.05, 0.1) is 12.6 Å². The lowest BCUT2D eigenvalue weighted by atomic mass is 9.91. The number of hydrogen-bond acceptors (Lipinski definition) is 1. The number of nitrogens with zero attached hydrogens (tertiary/aromatic N) is 1. The Labute approximate surface area is 152 Å². The third-order valence-electron chi connectivity index (χ3n) is 5.01. The number of aryl methyl sites for hydroxylation is 1. The van der Waals surface area contributed by atoms with Crippen molar-refractivity contribution in [2.75, 3.05) is 13.1 Å². The molecule has 0 fully saturated rings. The number of H-pyrrole nitrogens is 1. The van der Waals surface area contributed by atoms with Gasteiger partial charge in [0.1, 0.15) is 11.6 Å². The van der Waals surface area contributed by atoms with E-state index >= 15 is 0 Å². The van der Waals surface area contributed by atoms with Crippen molar-refractivity contribution in [3.8, 4) is 0 Å². The van der Waals surface area contributed by atoms with Crippen LogP contribution in [0.5, 0.6) is 0 Å². The Hall–Kier alpha value is -2.41. The number of aromatic nitrogens is 1. The van der Waals surface area contributed by atoms with Crippen molar-refractivity contribution in [2.45, 2.75) is 25.6 Å². The predicted molar refractivity (Wildman–Crippen MR) is 92.6 cm³/mol. The van der Waals surface area contributed by atoms with Crippen molar-refractivity contribution < 1.29 is 22.0 Å². The summed E-state index contributed by atoms with van der Waals surface area (Å²) < 4.78 is 68.8. The molecule has 142 valence electrons. The molecule has 1 aliphatic rings. The van der Waals surface area contributed by atoms with Crippen LogP contribution in [0.1, 0.15) is 28.4 Å². The number of para-hydroxylation sites is 1. The maximum atomic E-state index is 14.7. The molecule has 7 heteroatoms. The Morgan fingerprint density at radius 3 is 2.44 bits per heavy atom. The first-order valence-electron chi connectivity index (χ1n) is 8.60. The van der Waals surface area contributed by atoms with E-state index in [1.54, 1.807) is 19.1 Å². The average Bonchev–Trinajstić information content (AvgIpc) is 2.93. The molecule has 2 heterocycles. The van der Waals surface area contributed by atoms with E-state index in [9.17, 15) is 22.0 Å². The van der Waals surface area contributed by atoms with E-state index in [0.717, 1.165) is 33.5 Å². The van der Waals surface area contributed by atoms with Crippen LogP contribution in [-0.2, 0) is 6.42 Å². The van der Waals surface area contributed by atoms with E-state index in [1.807, 2.05) is 12.1 Å². The molecular weight excluding hydrogens is 363 g/mol. The molecule has 2 nitrogen and oxygen atoms in total. The van der Waals surface area contributed by atoms with Gasteiger partial charge in [-0.15, -0.1) is 0 Å². The van der Waals surface area contributed by atoms with E-state index in [2.05, 4.69) is 4.98 Å². The molecule has 0 spiro atoms. The minimum Gasteiger partial charge on any atom is -0.357 e. The number of aromatic amines is 1. The highest BCUT2D eigenvalue weighted by atomic mass is 19.4. The zero-order chi connectivity index (χ0) is 19.3. The number of rotatable bonds is 2. The molecule has 1 aromatic heterocycles. The topological polar surface area (TPSA) is 19.0 Å². The monoisotopic (exact) mass is 380 g/mol. The molecule has 0 bridgehead atoms. The van der Waals surface area contributed by atoms with Crippen LogP contribution in [0.25, 0.3) is 10.9 Å². The van der Waals surface area contributed by atoms with E-state index in [1.165, 1.54) is 0 Å². The third kappa shape index (κ3) is 3.20. The van der Waals surface area contributed by atoms with Crippen molar-refractivity contribution in [1.82, 2.24) is 9.88 Å². The fraction of sp³-hybridized carbons (Fsp3) is 0.300. The van der Waals surface area contributed by atoms with Gasteiger partial charge in [-0.25, -0.2) is 8.78 Å². The summed E-state index contributed by atoms with van der Waals surface area (Å²) in [6.45, 7) is 0.365. The van der Waals surface area contributed by atoms with Gasteiger partial charge in [0.25, 0.3) is 0 Å². The van der Waals surface area contributed by atoms with Crippen LogP contribution in [0.2, 0.25) is 0 Å². The lowest BCUT2D eigenvalue weighted by molar-refractivity contribution is -0.150. The minimum absolute atomic E-state index is 0.0613. The second-order valence-electron chi connectivity index (χ2n) is 6.94. The van der Waals surface area contributed by atoms with Gasteiger partial charge in [0, 0.05) is 28.7 Å². The summed E-state index contributed by atoms with van der Waals surface area (Å²) in [7, 11) is 0. The van der Waals surface area contributed by atoms with E-state index in [-0.39, 0.29) is 12.1 Å². The zero-order valence-corrected chi connectivity index (χ0v) is 14.5. The Morgan fingerprint density at radius 2 is 1.78 bits per heavy atom. The first-order valence-corrected chi connectivity index (χ1v) is 8.60. The summed E-state index contributed by atoms with van der Waals surface area (Å²) in [5.41, 5.74) is 2.01. The van der Waals surface area contributed by atoms with E-state index < -0.39 is 30.4 Å². The third-order valence-corrected chi connectivity index (χ3v) is 5.01. The van der Waals surface area contributed by atoms with Gasteiger partial charge < -0.3 is 4.98 Å². The molecule has 0 radical (unpaired) electrons. The van der Waals surface area contributed by atoms with Crippen molar-refractivity contribution in [3.05, 3.63) is 70.4 Å². The van der Waals surface area contributed by atoms with Crippen LogP contribution in [0.4, 0.5) is 22.0 Å². The molecule has 0 aliphatic carbocycles. The van der Waals surface area contributed by atoms with Crippen molar-refractivity contribution in [1.29, 1.82) is 0 Å². The Morgan fingerprint density at radius 1 is 1.11 bits per heavy atom. The van der Waals surface area contributed by atoms with Gasteiger partial charge in [0.2, 0.25) is 0 Å². The number of alkyl halides is 3. The van der Waals surface area contributed by atoms with Crippen LogP contribution in [0.3, 0.4) is 0 Å². The smallest absolute Gasteiger partial charge is 0.357 e. The summed E-state index contributed by atoms with van der Waals surface area (Å²) in [6, 6.07) is 8.45. The highest BCUT2D eigenvalue weighted by molar-refractivity contribution is 5.85. The van der Waals surface area contributed by atoms with Crippen LogP contribution in [0.15, 0.2) is 36.4 Å². The summed E-state index contributed by atoms with van der Waals surface area (Å²) in [6.07, 6.45) is -4.10. The number of nitrogens with one attached hydrogen (secondary N) is 1. The fourth-order valence-electron chi connectivity index (χ4n) is 3.99. The highest BCUT2D eigenvalue weighted by Gasteiger charge is 2.40. The molecule has 0 amide bonds. The first kappa shape index (κ1) is 18.0. The van der Waals surface area contributed by atoms with E-state index in [4.69, 9.17) is 0 Å². The Bertz CT molecular complexity index is 982. The quantitative estimate of drug-likeness (QED) is 0.601. The number of hydrogen-bond donors (Lipinski definition) is 1. The van der Waals surface area contributed by atoms with Gasteiger partial charge in [-0.3, -0.25) is 4.90 Å². The van der Waals surface area contributed by atoms with Crippen LogP contribution in [-0.4, -0.2) is 29.1 Å². The largest absolute Gasteiger partial charge is 0.401 e. The molecule has 0 saturated carbocycles. The lowest BCUT2D eigenvalue weighted by Gasteiger charge is -2.36. The van der Waals surface area contributed by atoms with Crippen LogP contribution >= 0.6 is 0 Å². The molecule has 0 saturated heterocycles. The Balaban J connectivity index is 1.93. The molecule has 1 unspecified atom stereocenters. The number of benzene rings is 2. The minimum atomic E-state index is -4.47. The molecular formula is C20H17F5N2. The van der Waals surface area contributed by atoms with Crippen LogP contribution < -0.4 is 0 Å². The number of fused-ring (bicyclic) bond motifs is 3. The maximum Gasteiger partial charge on any atom is 0.401 e. The van der Waals surface area contributed by atoms with Gasteiger partial charge in [-0.2, -0.15) is 13.2 Å². The summed E-state index contributed by atoms with van der Waals surface area (Å²) >= 11 is 0. The van der Waals surface area contributed by atoms with Crippen LogP contribution in [0, 0.1) is 18.6 Å². The first-order chi connectivity index (χ1) is 12.7. The van der Waals surface area contributed by atoms with Crippen molar-refractivity contribution in [2.24, 2.45) is 0 Å². The van der Waals surface area contributed by atoms with Gasteiger partial charge in [0.15, 0.2) is 0 Å². The molecule has 1 atom stereocenters. The summed E-state index contributed by atoms with van der Waals surface area (Å²) in [4.78, 5) is 4.20. The average molecular weight is 380 g/mol. The fourth-order valence-corrected chi connectivity index (χ4v) is 3.99. The Kier molecular flexibility index (Phi) is 4.22. The highest BCUT2D eigenvalue weighted by Crippen LogP contribution is 2.41. The molecule has 2 aromatic carbocycles. The van der Waals surface area contributed by atoms with Gasteiger partial charge in [-0.05, 0) is 42.7 Å². The maximum absolute atomic E-state index is 14.7. The predicted octanol–water partition coefficient (Wildman–Crippen LogP) is 5.26. The molecule has 1 N–H and O–H groups in total. The molecule has 27 heavy (non-hydrogen) atoms. The lowest BCUT2D eigenvalue weighted by Crippen LogP contribution is -2.42. The second kappa shape index (κ2) is 6.34.